The molecule has 0 bridgehead atoms. The Morgan fingerprint density at radius 1 is 1.21 bits per heavy atom. The van der Waals surface area contributed by atoms with E-state index in [1.54, 1.807) is 18.2 Å². The number of nitrogen functional groups attached to an aromatic ring is 1. The van der Waals surface area contributed by atoms with Gasteiger partial charge in [0.1, 0.15) is 0 Å². The van der Waals surface area contributed by atoms with E-state index < -0.39 is 9.84 Å². The van der Waals surface area contributed by atoms with Crippen LogP contribution in [0.15, 0.2) is 40.3 Å². The highest BCUT2D eigenvalue weighted by Crippen LogP contribution is 2.23. The van der Waals surface area contributed by atoms with E-state index in [2.05, 4.69) is 10.3 Å². The van der Waals surface area contributed by atoms with Crippen LogP contribution in [0.2, 0.25) is 0 Å². The summed E-state index contributed by atoms with van der Waals surface area (Å²) in [6.07, 6.45) is 0.651. The highest BCUT2D eigenvalue weighted by Gasteiger charge is 2.25. The van der Waals surface area contributed by atoms with Crippen LogP contribution in [0, 0.1) is 0 Å². The first kappa shape index (κ1) is 13.5. The molecule has 0 aliphatic carbocycles. The van der Waals surface area contributed by atoms with Crippen LogP contribution in [0.5, 0.6) is 0 Å². The van der Waals surface area contributed by atoms with Gasteiger partial charge in [-0.1, -0.05) is 23.4 Å². The number of sulfone groups is 1. The number of aromatic nitrogens is 3. The van der Waals surface area contributed by atoms with Crippen molar-refractivity contribution in [1.29, 1.82) is 0 Å². The third kappa shape index (κ3) is 2.59. The Morgan fingerprint density at radius 2 is 1.89 bits per heavy atom. The first-order valence-electron chi connectivity index (χ1n) is 5.76. The lowest BCUT2D eigenvalue weighted by atomic mass is 10.4. The van der Waals surface area contributed by atoms with E-state index in [9.17, 15) is 8.42 Å². The van der Waals surface area contributed by atoms with Crippen LogP contribution >= 0.6 is 0 Å². The summed E-state index contributed by atoms with van der Waals surface area (Å²) in [4.78, 5) is 0.146. The largest absolute Gasteiger partial charge is 0.381 e. The number of hydrogen-bond donors (Lipinski definition) is 2. The second kappa shape index (κ2) is 5.37. The Bertz CT molecular complexity index is 651. The Kier molecular flexibility index (Phi) is 3.82. The monoisotopic (exact) mass is 281 g/mol. The van der Waals surface area contributed by atoms with Crippen molar-refractivity contribution in [3.8, 4) is 0 Å². The van der Waals surface area contributed by atoms with Gasteiger partial charge < -0.3 is 11.5 Å². The van der Waals surface area contributed by atoms with E-state index in [1.807, 2.05) is 0 Å². The SMILES string of the molecule is NCCCn1nnc(S(=O)(=O)c2ccccc2)c1N. The van der Waals surface area contributed by atoms with Gasteiger partial charge in [0.25, 0.3) is 0 Å². The van der Waals surface area contributed by atoms with Gasteiger partial charge in [0.05, 0.1) is 4.90 Å². The Labute approximate surface area is 111 Å². The molecule has 2 rings (SSSR count). The fourth-order valence-corrected chi connectivity index (χ4v) is 2.88. The van der Waals surface area contributed by atoms with Crippen molar-refractivity contribution >= 4 is 15.7 Å². The molecule has 0 amide bonds. The standard InChI is InChI=1S/C11H15N5O2S/c12-7-4-8-16-10(13)11(14-15-16)19(17,18)9-5-2-1-3-6-9/h1-3,5-6H,4,7-8,12-13H2. The molecule has 0 spiro atoms. The topological polar surface area (TPSA) is 117 Å². The highest BCUT2D eigenvalue weighted by molar-refractivity contribution is 7.91. The van der Waals surface area contributed by atoms with Gasteiger partial charge in [-0.25, -0.2) is 13.1 Å². The average Bonchev–Trinajstić information content (AvgIpc) is 2.79. The highest BCUT2D eigenvalue weighted by atomic mass is 32.2. The second-order valence-electron chi connectivity index (χ2n) is 3.96. The lowest BCUT2D eigenvalue weighted by Crippen LogP contribution is -2.11. The average molecular weight is 281 g/mol. The van der Waals surface area contributed by atoms with Gasteiger partial charge in [0.2, 0.25) is 14.9 Å². The zero-order chi connectivity index (χ0) is 13.9. The molecule has 0 fully saturated rings. The molecule has 0 saturated carbocycles. The molecule has 1 heterocycles. The number of nitrogens with two attached hydrogens (primary N) is 2. The molecule has 0 atom stereocenters. The van der Waals surface area contributed by atoms with Crippen LogP contribution in [-0.2, 0) is 16.4 Å². The molecule has 1 aromatic carbocycles. The molecule has 7 nitrogen and oxygen atoms in total. The zero-order valence-electron chi connectivity index (χ0n) is 10.2. The summed E-state index contributed by atoms with van der Waals surface area (Å²) >= 11 is 0. The van der Waals surface area contributed by atoms with E-state index >= 15 is 0 Å². The van der Waals surface area contributed by atoms with E-state index in [-0.39, 0.29) is 15.7 Å². The van der Waals surface area contributed by atoms with Crippen LogP contribution in [0.3, 0.4) is 0 Å². The van der Waals surface area contributed by atoms with Gasteiger partial charge in [0, 0.05) is 6.54 Å². The number of nitrogens with zero attached hydrogens (tertiary/aromatic N) is 3. The molecule has 0 unspecified atom stereocenters. The summed E-state index contributed by atoms with van der Waals surface area (Å²) in [5.41, 5.74) is 11.2. The van der Waals surface area contributed by atoms with Gasteiger partial charge >= 0.3 is 0 Å². The second-order valence-corrected chi connectivity index (χ2v) is 5.83. The fraction of sp³-hybridized carbons (Fsp3) is 0.273. The molecule has 0 aliphatic heterocycles. The van der Waals surface area contributed by atoms with Gasteiger partial charge in [-0.15, -0.1) is 5.10 Å². The molecular weight excluding hydrogens is 266 g/mol. The van der Waals surface area contributed by atoms with E-state index in [0.29, 0.717) is 19.5 Å². The smallest absolute Gasteiger partial charge is 0.229 e. The molecule has 8 heteroatoms. The number of rotatable bonds is 5. The van der Waals surface area contributed by atoms with Gasteiger partial charge in [-0.05, 0) is 25.1 Å². The number of aryl methyl sites for hydroxylation is 1. The van der Waals surface area contributed by atoms with Crippen molar-refractivity contribution in [3.05, 3.63) is 30.3 Å². The molecule has 19 heavy (non-hydrogen) atoms. The van der Waals surface area contributed by atoms with E-state index in [4.69, 9.17) is 11.5 Å². The van der Waals surface area contributed by atoms with Crippen molar-refractivity contribution in [2.45, 2.75) is 22.9 Å². The number of benzene rings is 1. The van der Waals surface area contributed by atoms with Crippen LogP contribution < -0.4 is 11.5 Å². The number of anilines is 1. The number of hydrogen-bond acceptors (Lipinski definition) is 6. The zero-order valence-corrected chi connectivity index (χ0v) is 11.0. The summed E-state index contributed by atoms with van der Waals surface area (Å²) in [6, 6.07) is 8.01. The third-order valence-electron chi connectivity index (χ3n) is 2.62. The predicted molar refractivity (Wildman–Crippen MR) is 70.0 cm³/mol. The molecule has 102 valence electrons. The summed E-state index contributed by atoms with van der Waals surface area (Å²) in [5, 5.41) is 7.22. The Morgan fingerprint density at radius 3 is 2.53 bits per heavy atom. The van der Waals surface area contributed by atoms with E-state index in [1.165, 1.54) is 16.8 Å². The molecule has 0 aliphatic rings. The normalized spacial score (nSPS) is 11.6. The lowest BCUT2D eigenvalue weighted by molar-refractivity contribution is 0.570. The summed E-state index contributed by atoms with van der Waals surface area (Å²) in [6.45, 7) is 0.916. The first-order chi connectivity index (χ1) is 9.07. The van der Waals surface area contributed by atoms with Crippen LogP contribution in [0.25, 0.3) is 0 Å². The van der Waals surface area contributed by atoms with Gasteiger partial charge in [0.15, 0.2) is 5.82 Å². The maximum Gasteiger partial charge on any atom is 0.229 e. The Balaban J connectivity index is 2.40. The molecule has 0 radical (unpaired) electrons. The fourth-order valence-electron chi connectivity index (χ4n) is 1.61. The predicted octanol–water partition coefficient (Wildman–Crippen LogP) is 0.0419. The van der Waals surface area contributed by atoms with Crippen LogP contribution in [0.4, 0.5) is 5.82 Å². The van der Waals surface area contributed by atoms with Gasteiger partial charge in [-0.2, -0.15) is 0 Å². The van der Waals surface area contributed by atoms with Crippen molar-refractivity contribution in [3.63, 3.8) is 0 Å². The molecule has 4 N–H and O–H groups in total. The lowest BCUT2D eigenvalue weighted by Gasteiger charge is -2.03. The molecular formula is C11H15N5O2S. The minimum Gasteiger partial charge on any atom is -0.381 e. The molecule has 2 aromatic rings. The quantitative estimate of drug-likeness (QED) is 0.799. The minimum absolute atomic E-state index is 0.0392. The molecule has 0 saturated heterocycles. The summed E-state index contributed by atoms with van der Waals surface area (Å²) in [5.74, 6) is 0.0392. The van der Waals surface area contributed by atoms with Gasteiger partial charge in [-0.3, -0.25) is 0 Å². The van der Waals surface area contributed by atoms with Crippen molar-refractivity contribution in [2.24, 2.45) is 5.73 Å². The summed E-state index contributed by atoms with van der Waals surface area (Å²) in [7, 11) is -3.72. The van der Waals surface area contributed by atoms with Crippen molar-refractivity contribution < 1.29 is 8.42 Å². The third-order valence-corrected chi connectivity index (χ3v) is 4.32. The Hall–Kier alpha value is -1.93. The van der Waals surface area contributed by atoms with Crippen LogP contribution in [-0.4, -0.2) is 30.0 Å². The maximum atomic E-state index is 12.3. The minimum atomic E-state index is -3.72. The van der Waals surface area contributed by atoms with E-state index in [0.717, 1.165) is 0 Å². The van der Waals surface area contributed by atoms with Crippen molar-refractivity contribution in [1.82, 2.24) is 15.0 Å². The molecule has 1 aromatic heterocycles. The summed E-state index contributed by atoms with van der Waals surface area (Å²) < 4.78 is 26.0. The first-order valence-corrected chi connectivity index (χ1v) is 7.25. The van der Waals surface area contributed by atoms with Crippen LogP contribution in [0.1, 0.15) is 6.42 Å². The van der Waals surface area contributed by atoms with Crippen molar-refractivity contribution in [2.75, 3.05) is 12.3 Å². The maximum absolute atomic E-state index is 12.3.